The van der Waals surface area contributed by atoms with Gasteiger partial charge in [-0.05, 0) is 43.4 Å². The lowest BCUT2D eigenvalue weighted by molar-refractivity contribution is -0.120. The van der Waals surface area contributed by atoms with Crippen LogP contribution in [0.4, 0.5) is 11.5 Å². The molecule has 0 unspecified atom stereocenters. The number of hydrogen-bond acceptors (Lipinski definition) is 5. The fourth-order valence-corrected chi connectivity index (χ4v) is 3.89. The molecule has 1 aromatic carbocycles. The van der Waals surface area contributed by atoms with Crippen LogP contribution in [0, 0.1) is 5.92 Å². The molecule has 7 nitrogen and oxygen atoms in total. The van der Waals surface area contributed by atoms with Crippen LogP contribution in [-0.2, 0) is 17.6 Å². The highest BCUT2D eigenvalue weighted by atomic mass is 16.1. The molecule has 0 atom stereocenters. The minimum Gasteiger partial charge on any atom is -0.356 e. The molecule has 152 valence electrons. The van der Waals surface area contributed by atoms with Crippen molar-refractivity contribution in [3.05, 3.63) is 47.9 Å². The smallest absolute Gasteiger partial charge is 0.254 e. The third-order valence-corrected chi connectivity index (χ3v) is 5.61. The summed E-state index contributed by atoms with van der Waals surface area (Å²) in [7, 11) is 0. The predicted molar refractivity (Wildman–Crippen MR) is 114 cm³/mol. The number of rotatable bonds is 6. The Morgan fingerprint density at radius 2 is 1.93 bits per heavy atom. The van der Waals surface area contributed by atoms with Gasteiger partial charge in [0, 0.05) is 36.5 Å². The van der Waals surface area contributed by atoms with Crippen LogP contribution in [0.3, 0.4) is 0 Å². The van der Waals surface area contributed by atoms with Gasteiger partial charge in [0.25, 0.3) is 5.78 Å². The molecule has 0 aliphatic carbocycles. The number of fused-ring (bicyclic) bond motifs is 1. The van der Waals surface area contributed by atoms with Gasteiger partial charge in [0.15, 0.2) is 0 Å². The topological polar surface area (TPSA) is 75.4 Å². The molecule has 1 fully saturated rings. The molecule has 4 rings (SSSR count). The highest BCUT2D eigenvalue weighted by Crippen LogP contribution is 2.25. The van der Waals surface area contributed by atoms with E-state index >= 15 is 0 Å². The van der Waals surface area contributed by atoms with E-state index in [1.54, 1.807) is 10.8 Å². The fraction of sp³-hybridized carbons (Fsp3) is 0.455. The highest BCUT2D eigenvalue weighted by molar-refractivity contribution is 5.92. The summed E-state index contributed by atoms with van der Waals surface area (Å²) < 4.78 is 1.80. The van der Waals surface area contributed by atoms with Crippen LogP contribution in [0.2, 0.25) is 0 Å². The van der Waals surface area contributed by atoms with Crippen molar-refractivity contribution < 1.29 is 4.79 Å². The maximum absolute atomic E-state index is 12.7. The summed E-state index contributed by atoms with van der Waals surface area (Å²) >= 11 is 0. The van der Waals surface area contributed by atoms with Gasteiger partial charge in [-0.15, -0.1) is 0 Å². The van der Waals surface area contributed by atoms with E-state index in [-0.39, 0.29) is 11.8 Å². The van der Waals surface area contributed by atoms with Crippen LogP contribution in [0.1, 0.15) is 44.4 Å². The largest absolute Gasteiger partial charge is 0.356 e. The number of amides is 1. The molecule has 0 bridgehead atoms. The van der Waals surface area contributed by atoms with E-state index in [1.807, 2.05) is 12.1 Å². The van der Waals surface area contributed by atoms with Gasteiger partial charge in [-0.1, -0.05) is 32.4 Å². The number of carbonyl (C=O) groups excluding carboxylic acids is 1. The minimum absolute atomic E-state index is 0.0280. The Bertz CT molecular complexity index is 973. The van der Waals surface area contributed by atoms with E-state index in [9.17, 15) is 4.79 Å². The number of nitrogens with one attached hydrogen (secondary N) is 1. The molecule has 2 aromatic heterocycles. The molecule has 1 N–H and O–H groups in total. The van der Waals surface area contributed by atoms with Crippen molar-refractivity contribution in [3.63, 3.8) is 0 Å². The fourth-order valence-electron chi connectivity index (χ4n) is 3.89. The first kappa shape index (κ1) is 19.4. The first-order valence-electron chi connectivity index (χ1n) is 10.5. The first-order valence-corrected chi connectivity index (χ1v) is 10.5. The number of anilines is 2. The van der Waals surface area contributed by atoms with E-state index in [1.165, 1.54) is 5.56 Å². The Hall–Kier alpha value is -2.96. The molecular formula is C22H28N6O. The van der Waals surface area contributed by atoms with Gasteiger partial charge >= 0.3 is 0 Å². The summed E-state index contributed by atoms with van der Waals surface area (Å²) in [5.74, 6) is 1.80. The molecule has 0 saturated carbocycles. The Balaban J connectivity index is 1.42. The molecule has 1 aliphatic rings. The zero-order valence-corrected chi connectivity index (χ0v) is 17.1. The van der Waals surface area contributed by atoms with Crippen molar-refractivity contribution in [1.82, 2.24) is 19.6 Å². The average Bonchev–Trinajstić information content (AvgIpc) is 3.23. The summed E-state index contributed by atoms with van der Waals surface area (Å²) in [4.78, 5) is 23.9. The SMILES string of the molecule is CCCc1cc(N2CCC(C(=O)Nc3ccc(CC)cc3)CC2)n2ncnc2n1. The second-order valence-electron chi connectivity index (χ2n) is 7.63. The van der Waals surface area contributed by atoms with Crippen molar-refractivity contribution in [2.24, 2.45) is 5.92 Å². The van der Waals surface area contributed by atoms with E-state index in [0.29, 0.717) is 5.78 Å². The molecule has 7 heteroatoms. The molecule has 0 spiro atoms. The number of aryl methyl sites for hydroxylation is 2. The van der Waals surface area contributed by atoms with Crippen molar-refractivity contribution >= 4 is 23.2 Å². The second kappa shape index (κ2) is 8.59. The lowest BCUT2D eigenvalue weighted by atomic mass is 9.95. The van der Waals surface area contributed by atoms with Gasteiger partial charge in [0.1, 0.15) is 12.1 Å². The maximum Gasteiger partial charge on any atom is 0.254 e. The zero-order valence-electron chi connectivity index (χ0n) is 17.1. The monoisotopic (exact) mass is 392 g/mol. The number of piperidine rings is 1. The molecular weight excluding hydrogens is 364 g/mol. The third-order valence-electron chi connectivity index (χ3n) is 5.61. The summed E-state index contributed by atoms with van der Waals surface area (Å²) in [5.41, 5.74) is 3.19. The predicted octanol–water partition coefficient (Wildman–Crippen LogP) is 3.49. The molecule has 29 heavy (non-hydrogen) atoms. The van der Waals surface area contributed by atoms with Gasteiger partial charge < -0.3 is 10.2 Å². The standard InChI is InChI=1S/C22H28N6O/c1-3-5-19-14-20(28-22(26-19)23-15-24-28)27-12-10-17(11-13-27)21(29)25-18-8-6-16(4-2)7-9-18/h6-9,14-15,17H,3-5,10-13H2,1-2H3,(H,25,29). The Kier molecular flexibility index (Phi) is 5.74. The Morgan fingerprint density at radius 3 is 2.62 bits per heavy atom. The van der Waals surface area contributed by atoms with E-state index in [4.69, 9.17) is 0 Å². The van der Waals surface area contributed by atoms with Crippen LogP contribution in [0.5, 0.6) is 0 Å². The van der Waals surface area contributed by atoms with Crippen molar-refractivity contribution in [3.8, 4) is 0 Å². The third kappa shape index (κ3) is 4.23. The summed E-state index contributed by atoms with van der Waals surface area (Å²) in [6.07, 6.45) is 6.15. The van der Waals surface area contributed by atoms with Crippen molar-refractivity contribution in [2.45, 2.75) is 46.0 Å². The maximum atomic E-state index is 12.7. The lowest BCUT2D eigenvalue weighted by Crippen LogP contribution is -2.39. The number of benzene rings is 1. The van der Waals surface area contributed by atoms with Gasteiger partial charge in [-0.25, -0.2) is 4.98 Å². The normalized spacial score (nSPS) is 15.0. The molecule has 0 radical (unpaired) electrons. The minimum atomic E-state index is 0.0280. The molecule has 1 amide bonds. The molecule has 3 aromatic rings. The molecule has 1 aliphatic heterocycles. The molecule has 1 saturated heterocycles. The summed E-state index contributed by atoms with van der Waals surface area (Å²) in [6, 6.07) is 10.2. The van der Waals surface area contributed by atoms with Crippen LogP contribution in [0.15, 0.2) is 36.7 Å². The van der Waals surface area contributed by atoms with Crippen LogP contribution < -0.4 is 10.2 Å². The van der Waals surface area contributed by atoms with Crippen LogP contribution in [0.25, 0.3) is 5.78 Å². The average molecular weight is 393 g/mol. The number of nitrogens with zero attached hydrogens (tertiary/aromatic N) is 5. The highest BCUT2D eigenvalue weighted by Gasteiger charge is 2.26. The van der Waals surface area contributed by atoms with Crippen LogP contribution >= 0.6 is 0 Å². The van der Waals surface area contributed by atoms with Crippen molar-refractivity contribution in [1.29, 1.82) is 0 Å². The molecule has 3 heterocycles. The lowest BCUT2D eigenvalue weighted by Gasteiger charge is -2.33. The number of aromatic nitrogens is 4. The van der Waals surface area contributed by atoms with E-state index in [0.717, 1.165) is 62.4 Å². The van der Waals surface area contributed by atoms with Gasteiger partial charge in [0.05, 0.1) is 0 Å². The van der Waals surface area contributed by atoms with Gasteiger partial charge in [-0.2, -0.15) is 14.6 Å². The van der Waals surface area contributed by atoms with Crippen LogP contribution in [-0.4, -0.2) is 38.6 Å². The zero-order chi connectivity index (χ0) is 20.2. The van der Waals surface area contributed by atoms with E-state index < -0.39 is 0 Å². The van der Waals surface area contributed by atoms with Gasteiger partial charge in [-0.3, -0.25) is 4.79 Å². The summed E-state index contributed by atoms with van der Waals surface area (Å²) in [5, 5.41) is 7.42. The first-order chi connectivity index (χ1) is 14.2. The Morgan fingerprint density at radius 1 is 1.17 bits per heavy atom. The number of carbonyl (C=O) groups is 1. The quantitative estimate of drug-likeness (QED) is 0.695. The second-order valence-corrected chi connectivity index (χ2v) is 7.63. The summed E-state index contributed by atoms with van der Waals surface area (Å²) in [6.45, 7) is 5.91. The Labute approximate surface area is 171 Å². The van der Waals surface area contributed by atoms with Gasteiger partial charge in [0.2, 0.25) is 5.91 Å². The van der Waals surface area contributed by atoms with E-state index in [2.05, 4.69) is 57.3 Å². The number of hydrogen-bond donors (Lipinski definition) is 1. The van der Waals surface area contributed by atoms with Crippen molar-refractivity contribution in [2.75, 3.05) is 23.3 Å².